The third-order valence-corrected chi connectivity index (χ3v) is 4.03. The maximum atomic E-state index is 11.9. The molecule has 2 aromatic rings. The SMILES string of the molecule is COc1cc(/C=C/C(=O)CC(=O)C=Cc2cc(Cl)cc(Cl)c2O)ccc1O. The Morgan fingerprint density at radius 1 is 1.04 bits per heavy atom. The summed E-state index contributed by atoms with van der Waals surface area (Å²) in [4.78, 5) is 23.8. The van der Waals surface area contributed by atoms with Crippen LogP contribution in [0.3, 0.4) is 0 Å². The molecule has 0 saturated heterocycles. The summed E-state index contributed by atoms with van der Waals surface area (Å²) < 4.78 is 4.99. The maximum absolute atomic E-state index is 11.9. The lowest BCUT2D eigenvalue weighted by molar-refractivity contribution is -0.121. The number of aromatic hydroxyl groups is 2. The van der Waals surface area contributed by atoms with Crippen LogP contribution in [-0.2, 0) is 9.59 Å². The first-order chi connectivity index (χ1) is 12.8. The molecule has 2 N–H and O–H groups in total. The van der Waals surface area contributed by atoms with Crippen molar-refractivity contribution in [2.24, 2.45) is 0 Å². The van der Waals surface area contributed by atoms with Gasteiger partial charge in [0.25, 0.3) is 0 Å². The number of methoxy groups -OCH3 is 1. The van der Waals surface area contributed by atoms with Crippen LogP contribution >= 0.6 is 23.2 Å². The van der Waals surface area contributed by atoms with Gasteiger partial charge in [-0.15, -0.1) is 0 Å². The van der Waals surface area contributed by atoms with Crippen LogP contribution in [0.25, 0.3) is 12.2 Å². The summed E-state index contributed by atoms with van der Waals surface area (Å²) in [6.45, 7) is 0. The number of hydrogen-bond acceptors (Lipinski definition) is 5. The van der Waals surface area contributed by atoms with Gasteiger partial charge in [-0.25, -0.2) is 0 Å². The Morgan fingerprint density at radius 2 is 1.70 bits per heavy atom. The third kappa shape index (κ3) is 5.88. The van der Waals surface area contributed by atoms with Crippen LogP contribution < -0.4 is 4.74 Å². The van der Waals surface area contributed by atoms with E-state index in [0.29, 0.717) is 10.6 Å². The molecule has 0 saturated carbocycles. The van der Waals surface area contributed by atoms with Gasteiger partial charge in [0.1, 0.15) is 5.75 Å². The minimum absolute atomic E-state index is 0.00865. The number of phenols is 2. The largest absolute Gasteiger partial charge is 0.506 e. The van der Waals surface area contributed by atoms with Crippen LogP contribution in [0.1, 0.15) is 17.5 Å². The Morgan fingerprint density at radius 3 is 2.37 bits per heavy atom. The Labute approximate surface area is 166 Å². The number of carbonyl (C=O) groups is 2. The van der Waals surface area contributed by atoms with Gasteiger partial charge < -0.3 is 14.9 Å². The molecular weight excluding hydrogens is 391 g/mol. The van der Waals surface area contributed by atoms with Crippen molar-refractivity contribution in [1.82, 2.24) is 0 Å². The fourth-order valence-electron chi connectivity index (χ4n) is 2.17. The number of halogens is 2. The lowest BCUT2D eigenvalue weighted by atomic mass is 10.1. The zero-order chi connectivity index (χ0) is 20.0. The van der Waals surface area contributed by atoms with E-state index in [1.807, 2.05) is 0 Å². The van der Waals surface area contributed by atoms with Gasteiger partial charge in [0.2, 0.25) is 0 Å². The minimum Gasteiger partial charge on any atom is -0.506 e. The van der Waals surface area contributed by atoms with Crippen molar-refractivity contribution in [3.63, 3.8) is 0 Å². The molecule has 0 unspecified atom stereocenters. The Balaban J connectivity index is 2.00. The van der Waals surface area contributed by atoms with E-state index in [2.05, 4.69) is 0 Å². The molecule has 140 valence electrons. The summed E-state index contributed by atoms with van der Waals surface area (Å²) in [6.07, 6.45) is 4.97. The van der Waals surface area contributed by atoms with Crippen molar-refractivity contribution in [3.8, 4) is 17.2 Å². The number of ketones is 2. The highest BCUT2D eigenvalue weighted by Crippen LogP contribution is 2.32. The van der Waals surface area contributed by atoms with Gasteiger partial charge in [-0.05, 0) is 48.1 Å². The van der Waals surface area contributed by atoms with Gasteiger partial charge in [0.15, 0.2) is 23.1 Å². The lowest BCUT2D eigenvalue weighted by Gasteiger charge is -2.03. The molecule has 0 spiro atoms. The van der Waals surface area contributed by atoms with Crippen LogP contribution in [0.2, 0.25) is 10.0 Å². The van der Waals surface area contributed by atoms with Crippen LogP contribution in [0.4, 0.5) is 0 Å². The molecule has 0 aliphatic heterocycles. The molecule has 0 aliphatic carbocycles. The smallest absolute Gasteiger partial charge is 0.163 e. The first-order valence-electron chi connectivity index (χ1n) is 7.77. The number of ether oxygens (including phenoxy) is 1. The number of benzene rings is 2. The first kappa shape index (κ1) is 20.6. The molecule has 0 aliphatic rings. The second-order valence-corrected chi connectivity index (χ2v) is 6.38. The van der Waals surface area contributed by atoms with Gasteiger partial charge in [0, 0.05) is 10.6 Å². The van der Waals surface area contributed by atoms with Gasteiger partial charge in [0.05, 0.1) is 18.6 Å². The molecule has 5 nitrogen and oxygen atoms in total. The highest BCUT2D eigenvalue weighted by atomic mass is 35.5. The molecular formula is C20H16Cl2O5. The van der Waals surface area contributed by atoms with E-state index in [4.69, 9.17) is 27.9 Å². The van der Waals surface area contributed by atoms with Gasteiger partial charge in [-0.1, -0.05) is 35.3 Å². The monoisotopic (exact) mass is 406 g/mol. The molecule has 0 atom stereocenters. The van der Waals surface area contributed by atoms with E-state index < -0.39 is 11.6 Å². The van der Waals surface area contributed by atoms with Crippen molar-refractivity contribution in [2.75, 3.05) is 7.11 Å². The van der Waals surface area contributed by atoms with Crippen molar-refractivity contribution in [1.29, 1.82) is 0 Å². The number of rotatable bonds is 7. The van der Waals surface area contributed by atoms with Crippen molar-refractivity contribution in [3.05, 3.63) is 63.7 Å². The molecule has 0 heterocycles. The molecule has 0 fully saturated rings. The fraction of sp³-hybridized carbons (Fsp3) is 0.100. The van der Waals surface area contributed by atoms with Crippen molar-refractivity contribution >= 4 is 46.9 Å². The van der Waals surface area contributed by atoms with Gasteiger partial charge in [-0.2, -0.15) is 0 Å². The van der Waals surface area contributed by atoms with E-state index in [-0.39, 0.29) is 34.3 Å². The second kappa shape index (κ2) is 9.26. The molecule has 2 rings (SSSR count). The molecule has 0 radical (unpaired) electrons. The van der Waals surface area contributed by atoms with E-state index in [9.17, 15) is 19.8 Å². The second-order valence-electron chi connectivity index (χ2n) is 5.53. The zero-order valence-electron chi connectivity index (χ0n) is 14.3. The Kier molecular flexibility index (Phi) is 7.05. The summed E-state index contributed by atoms with van der Waals surface area (Å²) in [6, 6.07) is 7.44. The number of carbonyl (C=O) groups excluding carboxylic acids is 2. The van der Waals surface area contributed by atoms with Gasteiger partial charge in [-0.3, -0.25) is 9.59 Å². The summed E-state index contributed by atoms with van der Waals surface area (Å²) in [5, 5.41) is 19.7. The number of allylic oxidation sites excluding steroid dienone is 2. The number of phenolic OH excluding ortho intramolecular Hbond substituents is 2. The summed E-state index contributed by atoms with van der Waals surface area (Å²) in [7, 11) is 1.42. The molecule has 27 heavy (non-hydrogen) atoms. The van der Waals surface area contributed by atoms with Crippen molar-refractivity contribution < 1.29 is 24.5 Å². The van der Waals surface area contributed by atoms with E-state index in [0.717, 1.165) is 0 Å². The molecule has 0 bridgehead atoms. The third-order valence-electron chi connectivity index (χ3n) is 3.52. The normalized spacial score (nSPS) is 11.2. The molecule has 0 aromatic heterocycles. The van der Waals surface area contributed by atoms with Crippen molar-refractivity contribution in [2.45, 2.75) is 6.42 Å². The van der Waals surface area contributed by atoms with Crippen LogP contribution in [0.15, 0.2) is 42.5 Å². The summed E-state index contributed by atoms with van der Waals surface area (Å²) in [5.74, 6) is -0.764. The highest BCUT2D eigenvalue weighted by molar-refractivity contribution is 6.35. The summed E-state index contributed by atoms with van der Waals surface area (Å²) in [5.41, 5.74) is 0.916. The highest BCUT2D eigenvalue weighted by Gasteiger charge is 2.08. The Hall–Kier alpha value is -2.76. The van der Waals surface area contributed by atoms with E-state index >= 15 is 0 Å². The Bertz CT molecular complexity index is 932. The molecule has 7 heteroatoms. The number of hydrogen-bond donors (Lipinski definition) is 2. The zero-order valence-corrected chi connectivity index (χ0v) is 15.8. The van der Waals surface area contributed by atoms with Crippen LogP contribution in [0, 0.1) is 0 Å². The predicted octanol–water partition coefficient (Wildman–Crippen LogP) is 4.67. The quantitative estimate of drug-likeness (QED) is 0.515. The summed E-state index contributed by atoms with van der Waals surface area (Å²) >= 11 is 11.7. The topological polar surface area (TPSA) is 83.8 Å². The first-order valence-corrected chi connectivity index (χ1v) is 8.52. The van der Waals surface area contributed by atoms with Crippen LogP contribution in [0.5, 0.6) is 17.2 Å². The minimum atomic E-state index is -0.441. The standard InChI is InChI=1S/C20H16Cl2O5/c1-27-19-8-12(3-7-18(19)25)2-5-15(23)11-16(24)6-4-13-9-14(21)10-17(22)20(13)26/h2-10,25-26H,11H2,1H3/b5-2+,6-4?. The van der Waals surface area contributed by atoms with E-state index in [1.54, 1.807) is 12.1 Å². The van der Waals surface area contributed by atoms with Gasteiger partial charge >= 0.3 is 0 Å². The average molecular weight is 407 g/mol. The molecule has 2 aromatic carbocycles. The average Bonchev–Trinajstić information content (AvgIpc) is 2.62. The van der Waals surface area contributed by atoms with E-state index in [1.165, 1.54) is 49.6 Å². The lowest BCUT2D eigenvalue weighted by Crippen LogP contribution is -2.01. The molecule has 0 amide bonds. The maximum Gasteiger partial charge on any atom is 0.163 e. The fourth-order valence-corrected chi connectivity index (χ4v) is 2.68. The van der Waals surface area contributed by atoms with Crippen LogP contribution in [-0.4, -0.2) is 28.9 Å². The predicted molar refractivity (Wildman–Crippen MR) is 105 cm³/mol.